The second kappa shape index (κ2) is 6.57. The van der Waals surface area contributed by atoms with Gasteiger partial charge in [-0.15, -0.1) is 0 Å². The first-order valence-electron chi connectivity index (χ1n) is 7.39. The predicted octanol–water partition coefficient (Wildman–Crippen LogP) is 2.79. The molecule has 0 radical (unpaired) electrons. The fraction of sp³-hybridized carbons (Fsp3) is 0.562. The van der Waals surface area contributed by atoms with Gasteiger partial charge in [0.15, 0.2) is 0 Å². The van der Waals surface area contributed by atoms with Gasteiger partial charge in [0.25, 0.3) is 0 Å². The lowest BCUT2D eigenvalue weighted by atomic mass is 9.96. The van der Waals surface area contributed by atoms with E-state index in [9.17, 15) is 10.1 Å². The number of carboxylic acids is 1. The van der Waals surface area contributed by atoms with Crippen LogP contribution in [0.2, 0.25) is 0 Å². The van der Waals surface area contributed by atoms with Crippen molar-refractivity contribution in [1.82, 2.24) is 4.98 Å². The van der Waals surface area contributed by atoms with Crippen molar-refractivity contribution in [2.45, 2.75) is 52.0 Å². The monoisotopic (exact) mass is 287 g/mol. The summed E-state index contributed by atoms with van der Waals surface area (Å²) >= 11 is 0. The molecular weight excluding hydrogens is 266 g/mol. The number of piperidine rings is 1. The number of aromatic nitrogens is 1. The normalized spacial score (nSPS) is 18.3. The van der Waals surface area contributed by atoms with Gasteiger partial charge in [-0.05, 0) is 45.6 Å². The van der Waals surface area contributed by atoms with Crippen LogP contribution in [-0.2, 0) is 4.79 Å². The number of carboxylic acid groups (broad SMARTS) is 1. The zero-order chi connectivity index (χ0) is 15.4. The van der Waals surface area contributed by atoms with Crippen molar-refractivity contribution in [3.63, 3.8) is 0 Å². The summed E-state index contributed by atoms with van der Waals surface area (Å²) in [7, 11) is 0. The highest BCUT2D eigenvalue weighted by atomic mass is 16.4. The first kappa shape index (κ1) is 15.3. The van der Waals surface area contributed by atoms with Crippen molar-refractivity contribution < 1.29 is 9.90 Å². The Hall–Kier alpha value is -2.09. The zero-order valence-corrected chi connectivity index (χ0v) is 12.6. The number of pyridine rings is 1. The molecule has 0 spiro atoms. The highest BCUT2D eigenvalue weighted by Gasteiger charge is 2.26. The molecule has 0 amide bonds. The number of hydrogen-bond donors (Lipinski definition) is 1. The average molecular weight is 287 g/mol. The molecule has 1 aromatic heterocycles. The predicted molar refractivity (Wildman–Crippen MR) is 80.3 cm³/mol. The van der Waals surface area contributed by atoms with Crippen LogP contribution in [0.15, 0.2) is 6.07 Å². The Labute approximate surface area is 125 Å². The molecule has 1 N–H and O–H groups in total. The van der Waals surface area contributed by atoms with Crippen molar-refractivity contribution in [2.24, 2.45) is 0 Å². The van der Waals surface area contributed by atoms with E-state index in [1.54, 1.807) is 0 Å². The second-order valence-corrected chi connectivity index (χ2v) is 5.63. The summed E-state index contributed by atoms with van der Waals surface area (Å²) in [6.07, 6.45) is 3.98. The number of nitriles is 1. The van der Waals surface area contributed by atoms with Gasteiger partial charge in [-0.1, -0.05) is 0 Å². The summed E-state index contributed by atoms with van der Waals surface area (Å²) in [5, 5.41) is 18.3. The van der Waals surface area contributed by atoms with E-state index in [2.05, 4.69) is 16.0 Å². The van der Waals surface area contributed by atoms with Crippen LogP contribution in [0.1, 0.15) is 49.1 Å². The molecule has 1 fully saturated rings. The Morgan fingerprint density at radius 1 is 1.52 bits per heavy atom. The summed E-state index contributed by atoms with van der Waals surface area (Å²) in [6.45, 7) is 4.65. The zero-order valence-electron chi connectivity index (χ0n) is 12.6. The van der Waals surface area contributed by atoms with E-state index in [1.807, 2.05) is 19.9 Å². The summed E-state index contributed by atoms with van der Waals surface area (Å²) in [5.41, 5.74) is 3.17. The molecular formula is C16H21N3O2. The van der Waals surface area contributed by atoms with E-state index in [0.29, 0.717) is 12.0 Å². The summed E-state index contributed by atoms with van der Waals surface area (Å²) in [5.74, 6) is -0.761. The summed E-state index contributed by atoms with van der Waals surface area (Å²) < 4.78 is 0. The molecule has 1 aromatic rings. The molecule has 1 aliphatic heterocycles. The lowest BCUT2D eigenvalue weighted by Crippen LogP contribution is -2.40. The third-order valence-corrected chi connectivity index (χ3v) is 4.05. The van der Waals surface area contributed by atoms with Crippen LogP contribution < -0.4 is 4.90 Å². The molecule has 21 heavy (non-hydrogen) atoms. The van der Waals surface area contributed by atoms with Crippen LogP contribution in [0.25, 0.3) is 0 Å². The number of hydrogen-bond acceptors (Lipinski definition) is 4. The molecule has 1 saturated heterocycles. The Morgan fingerprint density at radius 2 is 2.29 bits per heavy atom. The molecule has 0 saturated carbocycles. The molecule has 1 unspecified atom stereocenters. The molecule has 1 aliphatic rings. The number of carbonyl (C=O) groups is 1. The number of rotatable bonds is 4. The Bertz CT molecular complexity index is 578. The van der Waals surface area contributed by atoms with Crippen LogP contribution >= 0.6 is 0 Å². The molecule has 5 heteroatoms. The second-order valence-electron chi connectivity index (χ2n) is 5.63. The standard InChI is InChI=1S/C16H21N3O2/c1-11-9-15(14(10-17)12(2)18-11)19-8-4-3-5-13(19)6-7-16(20)21/h9,13H,3-8H2,1-2H3,(H,20,21). The number of nitrogens with zero attached hydrogens (tertiary/aromatic N) is 3. The van der Waals surface area contributed by atoms with Crippen LogP contribution in [0.3, 0.4) is 0 Å². The molecule has 2 rings (SSSR count). The number of anilines is 1. The van der Waals surface area contributed by atoms with Gasteiger partial charge in [-0.2, -0.15) is 5.26 Å². The maximum atomic E-state index is 10.8. The van der Waals surface area contributed by atoms with Crippen molar-refractivity contribution in [3.8, 4) is 6.07 Å². The van der Waals surface area contributed by atoms with E-state index >= 15 is 0 Å². The minimum atomic E-state index is -0.761. The van der Waals surface area contributed by atoms with E-state index in [-0.39, 0.29) is 12.5 Å². The first-order valence-corrected chi connectivity index (χ1v) is 7.39. The largest absolute Gasteiger partial charge is 0.481 e. The van der Waals surface area contributed by atoms with Crippen LogP contribution in [0, 0.1) is 25.2 Å². The Balaban J connectivity index is 2.33. The molecule has 2 heterocycles. The summed E-state index contributed by atoms with van der Waals surface area (Å²) in [4.78, 5) is 17.4. The van der Waals surface area contributed by atoms with Gasteiger partial charge >= 0.3 is 5.97 Å². The fourth-order valence-corrected chi connectivity index (χ4v) is 3.08. The van der Waals surface area contributed by atoms with Gasteiger partial charge in [-0.3, -0.25) is 9.78 Å². The highest BCUT2D eigenvalue weighted by Crippen LogP contribution is 2.31. The van der Waals surface area contributed by atoms with Gasteiger partial charge in [0.1, 0.15) is 6.07 Å². The van der Waals surface area contributed by atoms with Gasteiger partial charge in [0.2, 0.25) is 0 Å². The Kier molecular flexibility index (Phi) is 4.79. The smallest absolute Gasteiger partial charge is 0.303 e. The topological polar surface area (TPSA) is 77.2 Å². The molecule has 0 bridgehead atoms. The van der Waals surface area contributed by atoms with Crippen molar-refractivity contribution >= 4 is 11.7 Å². The van der Waals surface area contributed by atoms with E-state index in [1.165, 1.54) is 0 Å². The van der Waals surface area contributed by atoms with Gasteiger partial charge in [-0.25, -0.2) is 0 Å². The van der Waals surface area contributed by atoms with Crippen molar-refractivity contribution in [3.05, 3.63) is 23.0 Å². The first-order chi connectivity index (χ1) is 10.0. The van der Waals surface area contributed by atoms with Gasteiger partial charge < -0.3 is 10.0 Å². The van der Waals surface area contributed by atoms with E-state index in [0.717, 1.165) is 42.9 Å². The minimum absolute atomic E-state index is 0.173. The Morgan fingerprint density at radius 3 is 2.95 bits per heavy atom. The SMILES string of the molecule is Cc1cc(N2CCCCC2CCC(=O)O)c(C#N)c(C)n1. The van der Waals surface area contributed by atoms with E-state index < -0.39 is 5.97 Å². The van der Waals surface area contributed by atoms with E-state index in [4.69, 9.17) is 5.11 Å². The third-order valence-electron chi connectivity index (χ3n) is 4.05. The lowest BCUT2D eigenvalue weighted by molar-refractivity contribution is -0.137. The fourth-order valence-electron chi connectivity index (χ4n) is 3.08. The highest BCUT2D eigenvalue weighted by molar-refractivity contribution is 5.67. The molecule has 0 aromatic carbocycles. The van der Waals surface area contributed by atoms with Crippen LogP contribution in [-0.4, -0.2) is 28.6 Å². The molecule has 0 aliphatic carbocycles. The van der Waals surface area contributed by atoms with Gasteiger partial charge in [0.05, 0.1) is 16.9 Å². The van der Waals surface area contributed by atoms with Crippen molar-refractivity contribution in [1.29, 1.82) is 5.26 Å². The van der Waals surface area contributed by atoms with Crippen molar-refractivity contribution in [2.75, 3.05) is 11.4 Å². The molecule has 112 valence electrons. The van der Waals surface area contributed by atoms with Crippen LogP contribution in [0.4, 0.5) is 5.69 Å². The number of aliphatic carboxylic acids is 1. The maximum absolute atomic E-state index is 10.8. The quantitative estimate of drug-likeness (QED) is 0.921. The molecule has 1 atom stereocenters. The summed E-state index contributed by atoms with van der Waals surface area (Å²) in [6, 6.07) is 4.40. The lowest BCUT2D eigenvalue weighted by Gasteiger charge is -2.38. The maximum Gasteiger partial charge on any atom is 0.303 e. The third kappa shape index (κ3) is 3.52. The van der Waals surface area contributed by atoms with Crippen LogP contribution in [0.5, 0.6) is 0 Å². The molecule has 5 nitrogen and oxygen atoms in total. The number of aryl methyl sites for hydroxylation is 2. The van der Waals surface area contributed by atoms with Gasteiger partial charge in [0, 0.05) is 24.7 Å². The minimum Gasteiger partial charge on any atom is -0.481 e. The average Bonchev–Trinajstić information content (AvgIpc) is 2.44.